The summed E-state index contributed by atoms with van der Waals surface area (Å²) in [4.78, 5) is 2.53. The maximum atomic E-state index is 2.53. The van der Waals surface area contributed by atoms with E-state index in [2.05, 4.69) is 56.9 Å². The van der Waals surface area contributed by atoms with Crippen LogP contribution in [-0.4, -0.2) is 13.1 Å². The maximum Gasteiger partial charge on any atom is 0.0366 e. The van der Waals surface area contributed by atoms with Crippen LogP contribution in [0.3, 0.4) is 0 Å². The van der Waals surface area contributed by atoms with E-state index in [-0.39, 0.29) is 5.41 Å². The number of rotatable bonds is 1. The normalized spacial score (nSPS) is 21.6. The number of hydrogen-bond acceptors (Lipinski definition) is 1. The van der Waals surface area contributed by atoms with Crippen LogP contribution in [-0.2, 0) is 5.41 Å². The van der Waals surface area contributed by atoms with Crippen molar-refractivity contribution < 1.29 is 0 Å². The average Bonchev–Trinajstić information content (AvgIpc) is 2.28. The second-order valence-corrected chi connectivity index (χ2v) is 6.49. The quantitative estimate of drug-likeness (QED) is 0.699. The summed E-state index contributed by atoms with van der Waals surface area (Å²) in [5.41, 5.74) is 3.07. The number of piperidine rings is 1. The summed E-state index contributed by atoms with van der Waals surface area (Å²) < 4.78 is 0. The van der Waals surface area contributed by atoms with Crippen LogP contribution in [0.25, 0.3) is 0 Å². The van der Waals surface area contributed by atoms with E-state index in [0.717, 1.165) is 5.92 Å². The van der Waals surface area contributed by atoms with Gasteiger partial charge in [-0.1, -0.05) is 39.8 Å². The molecule has 17 heavy (non-hydrogen) atoms. The molecule has 0 bridgehead atoms. The van der Waals surface area contributed by atoms with E-state index in [9.17, 15) is 0 Å². The average molecular weight is 231 g/mol. The molecule has 0 saturated carbocycles. The van der Waals surface area contributed by atoms with Gasteiger partial charge in [0.05, 0.1) is 0 Å². The van der Waals surface area contributed by atoms with Crippen LogP contribution in [0, 0.1) is 5.92 Å². The van der Waals surface area contributed by atoms with Crippen molar-refractivity contribution in [1.29, 1.82) is 0 Å². The van der Waals surface area contributed by atoms with Crippen LogP contribution < -0.4 is 4.90 Å². The van der Waals surface area contributed by atoms with Gasteiger partial charge in [-0.2, -0.15) is 0 Å². The largest absolute Gasteiger partial charge is 0.371 e. The first-order valence-corrected chi connectivity index (χ1v) is 6.82. The summed E-state index contributed by atoms with van der Waals surface area (Å²) in [6.07, 6.45) is 2.72. The summed E-state index contributed by atoms with van der Waals surface area (Å²) in [5, 5.41) is 0. The van der Waals surface area contributed by atoms with Crippen molar-refractivity contribution in [3.63, 3.8) is 0 Å². The van der Waals surface area contributed by atoms with Gasteiger partial charge in [-0.3, -0.25) is 0 Å². The molecule has 0 N–H and O–H groups in total. The summed E-state index contributed by atoms with van der Waals surface area (Å²) >= 11 is 0. The SMILES string of the molecule is C[C@H]1CCCN(c2ccc(C(C)(C)C)cc2)C1. The predicted octanol–water partition coefficient (Wildman–Crippen LogP) is 4.22. The molecule has 1 heteroatoms. The molecule has 1 heterocycles. The lowest BCUT2D eigenvalue weighted by molar-refractivity contribution is 0.447. The van der Waals surface area contributed by atoms with Crippen molar-refractivity contribution in [2.24, 2.45) is 5.92 Å². The fourth-order valence-corrected chi connectivity index (χ4v) is 2.60. The van der Waals surface area contributed by atoms with Gasteiger partial charge >= 0.3 is 0 Å². The molecular weight excluding hydrogens is 206 g/mol. The van der Waals surface area contributed by atoms with Crippen LogP contribution in [0.1, 0.15) is 46.1 Å². The minimum atomic E-state index is 0.258. The van der Waals surface area contributed by atoms with Crippen molar-refractivity contribution in [3.8, 4) is 0 Å². The molecule has 1 aromatic carbocycles. The molecule has 0 aliphatic carbocycles. The third-order valence-corrected chi connectivity index (χ3v) is 3.76. The molecule has 0 radical (unpaired) electrons. The van der Waals surface area contributed by atoms with Crippen LogP contribution in [0.15, 0.2) is 24.3 Å². The minimum Gasteiger partial charge on any atom is -0.371 e. The molecule has 1 aliphatic rings. The Kier molecular flexibility index (Phi) is 3.46. The molecule has 2 rings (SSSR count). The Morgan fingerprint density at radius 1 is 1.12 bits per heavy atom. The lowest BCUT2D eigenvalue weighted by atomic mass is 9.87. The number of anilines is 1. The van der Waals surface area contributed by atoms with E-state index < -0.39 is 0 Å². The third-order valence-electron chi connectivity index (χ3n) is 3.76. The maximum absolute atomic E-state index is 2.53. The summed E-state index contributed by atoms with van der Waals surface area (Å²) in [6, 6.07) is 9.15. The lowest BCUT2D eigenvalue weighted by Crippen LogP contribution is -2.34. The molecule has 0 aromatic heterocycles. The Balaban J connectivity index is 2.12. The number of hydrogen-bond donors (Lipinski definition) is 0. The van der Waals surface area contributed by atoms with Crippen molar-refractivity contribution in [2.75, 3.05) is 18.0 Å². The predicted molar refractivity (Wildman–Crippen MR) is 75.8 cm³/mol. The van der Waals surface area contributed by atoms with E-state index >= 15 is 0 Å². The van der Waals surface area contributed by atoms with E-state index in [4.69, 9.17) is 0 Å². The summed E-state index contributed by atoms with van der Waals surface area (Å²) in [7, 11) is 0. The topological polar surface area (TPSA) is 3.24 Å². The van der Waals surface area contributed by atoms with Crippen LogP contribution in [0.4, 0.5) is 5.69 Å². The molecule has 1 atom stereocenters. The third kappa shape index (κ3) is 3.02. The molecule has 1 nitrogen and oxygen atoms in total. The van der Waals surface area contributed by atoms with E-state index in [1.807, 2.05) is 0 Å². The molecule has 1 aliphatic heterocycles. The van der Waals surface area contributed by atoms with Crippen molar-refractivity contribution in [1.82, 2.24) is 0 Å². The Labute approximate surface area is 106 Å². The van der Waals surface area contributed by atoms with E-state index in [0.29, 0.717) is 0 Å². The van der Waals surface area contributed by atoms with Gasteiger partial charge in [0.15, 0.2) is 0 Å². The Morgan fingerprint density at radius 2 is 1.76 bits per heavy atom. The van der Waals surface area contributed by atoms with Gasteiger partial charge in [0.25, 0.3) is 0 Å². The van der Waals surface area contributed by atoms with Gasteiger partial charge in [-0.15, -0.1) is 0 Å². The van der Waals surface area contributed by atoms with Crippen LogP contribution >= 0.6 is 0 Å². The highest BCUT2D eigenvalue weighted by Gasteiger charge is 2.18. The monoisotopic (exact) mass is 231 g/mol. The second kappa shape index (κ2) is 4.72. The van der Waals surface area contributed by atoms with Crippen LogP contribution in [0.5, 0.6) is 0 Å². The highest BCUT2D eigenvalue weighted by Crippen LogP contribution is 2.27. The van der Waals surface area contributed by atoms with Gasteiger partial charge in [0, 0.05) is 18.8 Å². The summed E-state index contributed by atoms with van der Waals surface area (Å²) in [6.45, 7) is 11.6. The van der Waals surface area contributed by atoms with Gasteiger partial charge in [-0.05, 0) is 41.9 Å². The zero-order chi connectivity index (χ0) is 12.5. The number of benzene rings is 1. The lowest BCUT2D eigenvalue weighted by Gasteiger charge is -2.33. The molecule has 1 saturated heterocycles. The van der Waals surface area contributed by atoms with Gasteiger partial charge in [-0.25, -0.2) is 0 Å². The Morgan fingerprint density at radius 3 is 2.29 bits per heavy atom. The van der Waals surface area contributed by atoms with E-state index in [1.165, 1.54) is 37.2 Å². The standard InChI is InChI=1S/C16H25N/c1-13-6-5-11-17(12-13)15-9-7-14(8-10-15)16(2,3)4/h7-10,13H,5-6,11-12H2,1-4H3/t13-/m0/s1. The van der Waals surface area contributed by atoms with Gasteiger partial charge in [0.1, 0.15) is 0 Å². The highest BCUT2D eigenvalue weighted by molar-refractivity contribution is 5.48. The Hall–Kier alpha value is -0.980. The minimum absolute atomic E-state index is 0.258. The van der Waals surface area contributed by atoms with Crippen molar-refractivity contribution in [2.45, 2.75) is 46.0 Å². The molecule has 94 valence electrons. The first-order chi connectivity index (χ1) is 7.97. The highest BCUT2D eigenvalue weighted by atomic mass is 15.1. The number of nitrogens with zero attached hydrogens (tertiary/aromatic N) is 1. The Bertz CT molecular complexity index is 358. The smallest absolute Gasteiger partial charge is 0.0366 e. The second-order valence-electron chi connectivity index (χ2n) is 6.49. The van der Waals surface area contributed by atoms with Gasteiger partial charge < -0.3 is 4.90 Å². The molecular formula is C16H25N. The van der Waals surface area contributed by atoms with Crippen molar-refractivity contribution >= 4 is 5.69 Å². The molecule has 1 aromatic rings. The molecule has 1 fully saturated rings. The van der Waals surface area contributed by atoms with E-state index in [1.54, 1.807) is 0 Å². The summed E-state index contributed by atoms with van der Waals surface area (Å²) in [5.74, 6) is 0.839. The van der Waals surface area contributed by atoms with Gasteiger partial charge in [0.2, 0.25) is 0 Å². The molecule has 0 amide bonds. The molecule has 0 unspecified atom stereocenters. The first kappa shape index (κ1) is 12.5. The zero-order valence-electron chi connectivity index (χ0n) is 11.7. The fourth-order valence-electron chi connectivity index (χ4n) is 2.60. The first-order valence-electron chi connectivity index (χ1n) is 6.82. The fraction of sp³-hybridized carbons (Fsp3) is 0.625. The zero-order valence-corrected chi connectivity index (χ0v) is 11.7. The van der Waals surface area contributed by atoms with Crippen molar-refractivity contribution in [3.05, 3.63) is 29.8 Å². The van der Waals surface area contributed by atoms with Crippen LogP contribution in [0.2, 0.25) is 0 Å². The molecule has 0 spiro atoms.